The molecule has 0 aliphatic carbocycles. The zero-order chi connectivity index (χ0) is 17.7. The maximum atomic E-state index is 11.9. The molecule has 1 heterocycles. The summed E-state index contributed by atoms with van der Waals surface area (Å²) in [6.45, 7) is 3.32. The molecule has 0 fully saturated rings. The second-order valence-electron chi connectivity index (χ2n) is 5.19. The second-order valence-corrected chi connectivity index (χ2v) is 5.19. The summed E-state index contributed by atoms with van der Waals surface area (Å²) in [4.78, 5) is 38.1. The monoisotopic (exact) mass is 328 g/mol. The van der Waals surface area contributed by atoms with E-state index in [0.29, 0.717) is 5.56 Å². The van der Waals surface area contributed by atoms with Crippen LogP contribution in [-0.4, -0.2) is 21.7 Å². The van der Waals surface area contributed by atoms with Gasteiger partial charge in [0.1, 0.15) is 0 Å². The Morgan fingerprint density at radius 1 is 1.17 bits per heavy atom. The van der Waals surface area contributed by atoms with Crippen molar-refractivity contribution >= 4 is 23.2 Å². The first-order valence-electron chi connectivity index (χ1n) is 7.15. The lowest BCUT2D eigenvalue weighted by atomic mass is 10.1. The molecule has 1 atom stereocenters. The summed E-state index contributed by atoms with van der Waals surface area (Å²) in [5.41, 5.74) is 1.33. The standard InChI is InChI=1S/C16H16N4O4/c1-10-3-4-13(9-14(10)20(23)24)19-16(22)15(21)18-11(2)12-5-7-17-8-6-12/h3-9,11H,1-2H3,(H,18,21)(H,19,22). The summed E-state index contributed by atoms with van der Waals surface area (Å²) in [6.07, 6.45) is 3.17. The summed E-state index contributed by atoms with van der Waals surface area (Å²) < 4.78 is 0. The Hall–Kier alpha value is -3.29. The smallest absolute Gasteiger partial charge is 0.313 e. The van der Waals surface area contributed by atoms with E-state index < -0.39 is 16.7 Å². The second kappa shape index (κ2) is 7.32. The number of carbonyl (C=O) groups excluding carboxylic acids is 2. The van der Waals surface area contributed by atoms with Crippen LogP contribution in [-0.2, 0) is 9.59 Å². The average Bonchev–Trinajstić information content (AvgIpc) is 2.57. The number of benzene rings is 1. The van der Waals surface area contributed by atoms with Gasteiger partial charge in [-0.1, -0.05) is 6.07 Å². The normalized spacial score (nSPS) is 11.4. The number of aromatic nitrogens is 1. The van der Waals surface area contributed by atoms with E-state index in [1.165, 1.54) is 18.2 Å². The number of aryl methyl sites for hydroxylation is 1. The molecule has 1 unspecified atom stereocenters. The zero-order valence-electron chi connectivity index (χ0n) is 13.1. The van der Waals surface area contributed by atoms with Crippen LogP contribution in [0.15, 0.2) is 42.7 Å². The largest absolute Gasteiger partial charge is 0.341 e. The van der Waals surface area contributed by atoms with Crippen LogP contribution in [0.3, 0.4) is 0 Å². The van der Waals surface area contributed by atoms with Crippen molar-refractivity contribution in [2.75, 3.05) is 5.32 Å². The number of rotatable bonds is 4. The van der Waals surface area contributed by atoms with Crippen molar-refractivity contribution in [3.63, 3.8) is 0 Å². The molecule has 2 N–H and O–H groups in total. The van der Waals surface area contributed by atoms with Crippen LogP contribution < -0.4 is 10.6 Å². The highest BCUT2D eigenvalue weighted by Gasteiger charge is 2.19. The first kappa shape index (κ1) is 17.1. The molecule has 0 aliphatic heterocycles. The Morgan fingerprint density at radius 2 is 1.83 bits per heavy atom. The third kappa shape index (κ3) is 4.13. The van der Waals surface area contributed by atoms with Gasteiger partial charge in [-0.3, -0.25) is 24.7 Å². The molecule has 2 amide bonds. The highest BCUT2D eigenvalue weighted by Crippen LogP contribution is 2.22. The van der Waals surface area contributed by atoms with Crippen LogP contribution in [0.1, 0.15) is 24.1 Å². The first-order chi connectivity index (χ1) is 11.4. The van der Waals surface area contributed by atoms with Crippen LogP contribution in [0.25, 0.3) is 0 Å². The number of carbonyl (C=O) groups is 2. The van der Waals surface area contributed by atoms with Crippen molar-refractivity contribution in [2.24, 2.45) is 0 Å². The number of pyridine rings is 1. The van der Waals surface area contributed by atoms with Crippen LogP contribution in [0.4, 0.5) is 11.4 Å². The predicted molar refractivity (Wildman–Crippen MR) is 87.3 cm³/mol. The van der Waals surface area contributed by atoms with E-state index in [1.807, 2.05) is 0 Å². The third-order valence-corrected chi connectivity index (χ3v) is 3.42. The number of anilines is 1. The van der Waals surface area contributed by atoms with Gasteiger partial charge in [-0.05, 0) is 37.6 Å². The lowest BCUT2D eigenvalue weighted by Gasteiger charge is -2.13. The molecule has 0 spiro atoms. The fourth-order valence-corrected chi connectivity index (χ4v) is 2.07. The molecule has 0 aliphatic rings. The number of nitro benzene ring substituents is 1. The van der Waals surface area contributed by atoms with Crippen molar-refractivity contribution in [3.05, 3.63) is 64.0 Å². The minimum atomic E-state index is -0.894. The maximum absolute atomic E-state index is 11.9. The molecule has 2 aromatic rings. The summed E-state index contributed by atoms with van der Waals surface area (Å²) in [5, 5.41) is 15.8. The minimum Gasteiger partial charge on any atom is -0.341 e. The van der Waals surface area contributed by atoms with Gasteiger partial charge in [0.05, 0.1) is 11.0 Å². The number of hydrogen-bond acceptors (Lipinski definition) is 5. The summed E-state index contributed by atoms with van der Waals surface area (Å²) >= 11 is 0. The molecule has 24 heavy (non-hydrogen) atoms. The average molecular weight is 328 g/mol. The fourth-order valence-electron chi connectivity index (χ4n) is 2.07. The molecule has 8 nitrogen and oxygen atoms in total. The number of nitrogens with one attached hydrogen (secondary N) is 2. The molecule has 1 aromatic heterocycles. The van der Waals surface area contributed by atoms with Gasteiger partial charge in [0.25, 0.3) is 5.69 Å². The van der Waals surface area contributed by atoms with Crippen LogP contribution in [0.5, 0.6) is 0 Å². The predicted octanol–water partition coefficient (Wildman–Crippen LogP) is 2.11. The third-order valence-electron chi connectivity index (χ3n) is 3.42. The lowest BCUT2D eigenvalue weighted by Crippen LogP contribution is -2.36. The van der Waals surface area contributed by atoms with Gasteiger partial charge in [-0.15, -0.1) is 0 Å². The Morgan fingerprint density at radius 3 is 2.46 bits per heavy atom. The van der Waals surface area contributed by atoms with Gasteiger partial charge in [0.2, 0.25) is 0 Å². The van der Waals surface area contributed by atoms with Crippen LogP contribution in [0.2, 0.25) is 0 Å². The summed E-state index contributed by atoms with van der Waals surface area (Å²) in [6, 6.07) is 7.30. The summed E-state index contributed by atoms with van der Waals surface area (Å²) in [5.74, 6) is -1.73. The van der Waals surface area contributed by atoms with Crippen LogP contribution >= 0.6 is 0 Å². The Bertz CT molecular complexity index is 777. The summed E-state index contributed by atoms with van der Waals surface area (Å²) in [7, 11) is 0. The number of nitro groups is 1. The van der Waals surface area contributed by atoms with Crippen molar-refractivity contribution in [2.45, 2.75) is 19.9 Å². The highest BCUT2D eigenvalue weighted by atomic mass is 16.6. The highest BCUT2D eigenvalue weighted by molar-refractivity contribution is 6.39. The van der Waals surface area contributed by atoms with E-state index >= 15 is 0 Å². The molecular weight excluding hydrogens is 312 g/mol. The number of hydrogen-bond donors (Lipinski definition) is 2. The van der Waals surface area contributed by atoms with Gasteiger partial charge >= 0.3 is 11.8 Å². The Kier molecular flexibility index (Phi) is 5.20. The quantitative estimate of drug-likeness (QED) is 0.507. The molecule has 0 saturated carbocycles. The van der Waals surface area contributed by atoms with E-state index in [0.717, 1.165) is 5.56 Å². The van der Waals surface area contributed by atoms with Crippen molar-refractivity contribution in [1.29, 1.82) is 0 Å². The number of nitrogens with zero attached hydrogens (tertiary/aromatic N) is 2. The van der Waals surface area contributed by atoms with E-state index in [-0.39, 0.29) is 17.4 Å². The zero-order valence-corrected chi connectivity index (χ0v) is 13.1. The van der Waals surface area contributed by atoms with Crippen molar-refractivity contribution in [1.82, 2.24) is 10.3 Å². The molecule has 0 saturated heterocycles. The van der Waals surface area contributed by atoms with Crippen molar-refractivity contribution < 1.29 is 14.5 Å². The Labute approximate surface area is 138 Å². The molecule has 2 rings (SSSR count). The fraction of sp³-hybridized carbons (Fsp3) is 0.188. The molecule has 0 radical (unpaired) electrons. The topological polar surface area (TPSA) is 114 Å². The van der Waals surface area contributed by atoms with Gasteiger partial charge in [-0.2, -0.15) is 0 Å². The molecular formula is C16H16N4O4. The van der Waals surface area contributed by atoms with E-state index in [9.17, 15) is 19.7 Å². The van der Waals surface area contributed by atoms with Crippen molar-refractivity contribution in [3.8, 4) is 0 Å². The van der Waals surface area contributed by atoms with E-state index in [4.69, 9.17) is 0 Å². The number of amides is 2. The van der Waals surface area contributed by atoms with E-state index in [1.54, 1.807) is 38.4 Å². The van der Waals surface area contributed by atoms with E-state index in [2.05, 4.69) is 15.6 Å². The van der Waals surface area contributed by atoms with Gasteiger partial charge in [0.15, 0.2) is 0 Å². The Balaban J connectivity index is 2.03. The molecule has 8 heteroatoms. The lowest BCUT2D eigenvalue weighted by molar-refractivity contribution is -0.385. The van der Waals surface area contributed by atoms with Gasteiger partial charge < -0.3 is 10.6 Å². The van der Waals surface area contributed by atoms with Gasteiger partial charge in [0, 0.05) is 29.7 Å². The molecule has 1 aromatic carbocycles. The SMILES string of the molecule is Cc1ccc(NC(=O)C(=O)NC(C)c2ccncc2)cc1[N+](=O)[O-]. The molecule has 0 bridgehead atoms. The maximum Gasteiger partial charge on any atom is 0.313 e. The van der Waals surface area contributed by atoms with Gasteiger partial charge in [-0.25, -0.2) is 0 Å². The minimum absolute atomic E-state index is 0.127. The van der Waals surface area contributed by atoms with Crippen LogP contribution in [0, 0.1) is 17.0 Å². The molecule has 124 valence electrons. The first-order valence-corrected chi connectivity index (χ1v) is 7.15.